The van der Waals surface area contributed by atoms with Crippen LogP contribution in [0.1, 0.15) is 33.6 Å². The Bertz CT molecular complexity index is 103. The maximum absolute atomic E-state index is 5.67. The summed E-state index contributed by atoms with van der Waals surface area (Å²) in [5.41, 5.74) is 6.00. The van der Waals surface area contributed by atoms with Crippen LogP contribution in [0.5, 0.6) is 0 Å². The van der Waals surface area contributed by atoms with Crippen LogP contribution >= 0.6 is 0 Å². The highest BCUT2D eigenvalue weighted by Gasteiger charge is 2.16. The van der Waals surface area contributed by atoms with Gasteiger partial charge in [-0.05, 0) is 25.2 Å². The van der Waals surface area contributed by atoms with E-state index < -0.39 is 0 Å². The maximum atomic E-state index is 5.67. The fourth-order valence-corrected chi connectivity index (χ4v) is 1.35. The Kier molecular flexibility index (Phi) is 3.66. The Balaban J connectivity index is 3.73. The molecule has 0 aliphatic rings. The Morgan fingerprint density at radius 1 is 1.60 bits per heavy atom. The number of hydrogen-bond acceptors (Lipinski definition) is 1. The molecule has 0 rings (SSSR count). The van der Waals surface area contributed by atoms with Crippen LogP contribution < -0.4 is 5.73 Å². The molecule has 1 atom stereocenters. The molecule has 1 heteroatoms. The smallest absolute Gasteiger partial charge is 0.00156 e. The molecule has 1 nitrogen and oxygen atoms in total. The van der Waals surface area contributed by atoms with Gasteiger partial charge in [-0.25, -0.2) is 0 Å². The minimum absolute atomic E-state index is 0.301. The van der Waals surface area contributed by atoms with E-state index in [1.54, 1.807) is 0 Å². The average molecular weight is 141 g/mol. The summed E-state index contributed by atoms with van der Waals surface area (Å²) in [5, 5.41) is 0. The van der Waals surface area contributed by atoms with Gasteiger partial charge in [-0.3, -0.25) is 0 Å². The van der Waals surface area contributed by atoms with Gasteiger partial charge in [0.1, 0.15) is 0 Å². The zero-order valence-corrected chi connectivity index (χ0v) is 7.35. The Hall–Kier alpha value is -0.300. The number of allylic oxidation sites excluding steroid dienone is 1. The molecule has 2 N–H and O–H groups in total. The lowest BCUT2D eigenvalue weighted by atomic mass is 9.83. The van der Waals surface area contributed by atoms with Crippen LogP contribution in [0.3, 0.4) is 0 Å². The predicted molar refractivity (Wildman–Crippen MR) is 46.9 cm³/mol. The minimum Gasteiger partial charge on any atom is -0.328 e. The molecular weight excluding hydrogens is 122 g/mol. The van der Waals surface area contributed by atoms with Crippen molar-refractivity contribution in [3.05, 3.63) is 12.7 Å². The first-order valence-electron chi connectivity index (χ1n) is 3.84. The van der Waals surface area contributed by atoms with Gasteiger partial charge in [0.25, 0.3) is 0 Å². The molecule has 0 aliphatic carbocycles. The molecule has 0 amide bonds. The van der Waals surface area contributed by atoms with E-state index in [4.69, 9.17) is 5.73 Å². The molecule has 0 saturated heterocycles. The van der Waals surface area contributed by atoms with Crippen molar-refractivity contribution < 1.29 is 0 Å². The molecule has 1 unspecified atom stereocenters. The largest absolute Gasteiger partial charge is 0.328 e. The molecule has 0 fully saturated rings. The van der Waals surface area contributed by atoms with E-state index in [1.807, 2.05) is 13.0 Å². The zero-order valence-electron chi connectivity index (χ0n) is 7.35. The Labute approximate surface area is 64.3 Å². The van der Waals surface area contributed by atoms with E-state index in [9.17, 15) is 0 Å². The van der Waals surface area contributed by atoms with Crippen molar-refractivity contribution in [3.63, 3.8) is 0 Å². The van der Waals surface area contributed by atoms with Gasteiger partial charge < -0.3 is 5.73 Å². The fourth-order valence-electron chi connectivity index (χ4n) is 1.35. The molecule has 0 bridgehead atoms. The summed E-state index contributed by atoms with van der Waals surface area (Å²) in [7, 11) is 0. The third-order valence-electron chi connectivity index (χ3n) is 1.57. The fraction of sp³-hybridized carbons (Fsp3) is 0.778. The van der Waals surface area contributed by atoms with E-state index in [2.05, 4.69) is 20.4 Å². The molecular formula is C9H19N. The first-order valence-corrected chi connectivity index (χ1v) is 3.84. The molecule has 10 heavy (non-hydrogen) atoms. The molecule has 60 valence electrons. The molecule has 0 radical (unpaired) electrons. The van der Waals surface area contributed by atoms with Gasteiger partial charge in [0, 0.05) is 6.04 Å². The topological polar surface area (TPSA) is 26.0 Å². The van der Waals surface area contributed by atoms with Crippen molar-refractivity contribution in [2.45, 2.75) is 39.7 Å². The van der Waals surface area contributed by atoms with E-state index in [0.29, 0.717) is 11.5 Å². The summed E-state index contributed by atoms with van der Waals surface area (Å²) in [4.78, 5) is 0. The van der Waals surface area contributed by atoms with Crippen LogP contribution in [0, 0.1) is 5.41 Å². The van der Waals surface area contributed by atoms with E-state index in [1.165, 1.54) is 0 Å². The van der Waals surface area contributed by atoms with E-state index in [-0.39, 0.29) is 0 Å². The summed E-state index contributed by atoms with van der Waals surface area (Å²) in [5.74, 6) is 0. The first-order chi connectivity index (χ1) is 4.48. The second kappa shape index (κ2) is 3.77. The van der Waals surface area contributed by atoms with Gasteiger partial charge in [0.2, 0.25) is 0 Å². The standard InChI is InChI=1S/C9H19N/c1-5-6-9(3,4)7-8(2)10/h5,8H,1,6-7,10H2,2-4H3. The highest BCUT2D eigenvalue weighted by Crippen LogP contribution is 2.25. The second-order valence-corrected chi connectivity index (χ2v) is 3.84. The summed E-state index contributed by atoms with van der Waals surface area (Å²) in [6.07, 6.45) is 4.08. The molecule has 0 aromatic carbocycles. The highest BCUT2D eigenvalue weighted by molar-refractivity contribution is 4.81. The minimum atomic E-state index is 0.301. The first kappa shape index (κ1) is 9.70. The zero-order chi connectivity index (χ0) is 8.20. The lowest BCUT2D eigenvalue weighted by Gasteiger charge is -2.24. The van der Waals surface area contributed by atoms with E-state index in [0.717, 1.165) is 12.8 Å². The molecule has 0 aliphatic heterocycles. The number of hydrogen-bond donors (Lipinski definition) is 1. The molecule has 0 heterocycles. The third kappa shape index (κ3) is 4.57. The van der Waals surface area contributed by atoms with Crippen molar-refractivity contribution in [1.29, 1.82) is 0 Å². The number of rotatable bonds is 4. The molecule has 0 aromatic rings. The van der Waals surface area contributed by atoms with Crippen molar-refractivity contribution in [2.75, 3.05) is 0 Å². The Morgan fingerprint density at radius 2 is 2.10 bits per heavy atom. The van der Waals surface area contributed by atoms with Crippen molar-refractivity contribution in [1.82, 2.24) is 0 Å². The summed E-state index contributed by atoms with van der Waals surface area (Å²) < 4.78 is 0. The Morgan fingerprint density at radius 3 is 2.40 bits per heavy atom. The normalized spacial score (nSPS) is 14.8. The van der Waals surface area contributed by atoms with Crippen LogP contribution in [-0.2, 0) is 0 Å². The lowest BCUT2D eigenvalue weighted by Crippen LogP contribution is -2.24. The molecule has 0 aromatic heterocycles. The van der Waals surface area contributed by atoms with Gasteiger partial charge in [0.15, 0.2) is 0 Å². The van der Waals surface area contributed by atoms with Gasteiger partial charge in [-0.2, -0.15) is 0 Å². The van der Waals surface area contributed by atoms with Crippen molar-refractivity contribution >= 4 is 0 Å². The average Bonchev–Trinajstić information content (AvgIpc) is 1.59. The summed E-state index contributed by atoms with van der Waals surface area (Å²) >= 11 is 0. The van der Waals surface area contributed by atoms with Gasteiger partial charge >= 0.3 is 0 Å². The monoisotopic (exact) mass is 141 g/mol. The van der Waals surface area contributed by atoms with Crippen LogP contribution in [-0.4, -0.2) is 6.04 Å². The van der Waals surface area contributed by atoms with Crippen LogP contribution in [0.4, 0.5) is 0 Å². The highest BCUT2D eigenvalue weighted by atomic mass is 14.6. The van der Waals surface area contributed by atoms with Crippen molar-refractivity contribution in [3.8, 4) is 0 Å². The summed E-state index contributed by atoms with van der Waals surface area (Å²) in [6.45, 7) is 10.2. The SMILES string of the molecule is C=CCC(C)(C)CC(C)N. The van der Waals surface area contributed by atoms with Crippen molar-refractivity contribution in [2.24, 2.45) is 11.1 Å². The van der Waals surface area contributed by atoms with Crippen LogP contribution in [0.25, 0.3) is 0 Å². The van der Waals surface area contributed by atoms with Gasteiger partial charge in [-0.1, -0.05) is 19.9 Å². The summed E-state index contributed by atoms with van der Waals surface area (Å²) in [6, 6.07) is 0.301. The maximum Gasteiger partial charge on any atom is 0.00156 e. The van der Waals surface area contributed by atoms with Crippen LogP contribution in [0.2, 0.25) is 0 Å². The molecule has 0 saturated carbocycles. The quantitative estimate of drug-likeness (QED) is 0.597. The lowest BCUT2D eigenvalue weighted by molar-refractivity contribution is 0.316. The van der Waals surface area contributed by atoms with Gasteiger partial charge in [-0.15, -0.1) is 6.58 Å². The van der Waals surface area contributed by atoms with Crippen LogP contribution in [0.15, 0.2) is 12.7 Å². The molecule has 0 spiro atoms. The van der Waals surface area contributed by atoms with Gasteiger partial charge in [0.05, 0.1) is 0 Å². The van der Waals surface area contributed by atoms with E-state index >= 15 is 0 Å². The predicted octanol–water partition coefficient (Wildman–Crippen LogP) is 2.33. The third-order valence-corrected chi connectivity index (χ3v) is 1.57. The second-order valence-electron chi connectivity index (χ2n) is 3.84. The number of nitrogens with two attached hydrogens (primary N) is 1.